The van der Waals surface area contributed by atoms with Crippen LogP contribution < -0.4 is 5.32 Å². The molecular formula is C9H17NO4S. The van der Waals surface area contributed by atoms with Crippen LogP contribution in [0.15, 0.2) is 0 Å². The van der Waals surface area contributed by atoms with Gasteiger partial charge in [0.05, 0.1) is 5.25 Å². The highest BCUT2D eigenvalue weighted by atomic mass is 32.2. The molecule has 15 heavy (non-hydrogen) atoms. The summed E-state index contributed by atoms with van der Waals surface area (Å²) < 4.78 is 23.8. The lowest BCUT2D eigenvalue weighted by atomic mass is 10.0. The topological polar surface area (TPSA) is 83.5 Å². The van der Waals surface area contributed by atoms with Gasteiger partial charge in [0.15, 0.2) is 9.84 Å². The maximum Gasteiger partial charge on any atom is 0.336 e. The molecule has 1 aliphatic carbocycles. The van der Waals surface area contributed by atoms with Crippen molar-refractivity contribution in [2.24, 2.45) is 0 Å². The van der Waals surface area contributed by atoms with Gasteiger partial charge in [-0.15, -0.1) is 0 Å². The van der Waals surface area contributed by atoms with Crippen LogP contribution >= 0.6 is 0 Å². The first-order valence-electron chi connectivity index (χ1n) is 5.13. The second kappa shape index (κ2) is 4.94. The Hall–Kier alpha value is -0.620. The monoisotopic (exact) mass is 235 g/mol. The van der Waals surface area contributed by atoms with Crippen molar-refractivity contribution in [1.82, 2.24) is 5.32 Å². The van der Waals surface area contributed by atoms with E-state index in [9.17, 15) is 13.2 Å². The lowest BCUT2D eigenvalue weighted by Gasteiger charge is -2.24. The second-order valence-electron chi connectivity index (χ2n) is 3.86. The molecule has 88 valence electrons. The number of carboxylic acids is 1. The van der Waals surface area contributed by atoms with Crippen LogP contribution in [0.4, 0.5) is 0 Å². The highest BCUT2D eigenvalue weighted by Crippen LogP contribution is 2.25. The Labute approximate surface area is 89.8 Å². The summed E-state index contributed by atoms with van der Waals surface area (Å²) in [6.07, 6.45) is 3.98. The van der Waals surface area contributed by atoms with Gasteiger partial charge in [-0.25, -0.2) is 13.2 Å². The number of aliphatic carboxylic acids is 1. The van der Waals surface area contributed by atoms with E-state index in [4.69, 9.17) is 5.11 Å². The van der Waals surface area contributed by atoms with Gasteiger partial charge in [-0.3, -0.25) is 5.32 Å². The second-order valence-corrected chi connectivity index (χ2v) is 6.17. The molecule has 1 unspecified atom stereocenters. The molecule has 1 aliphatic rings. The summed E-state index contributed by atoms with van der Waals surface area (Å²) in [5.74, 6) is -1.32. The van der Waals surface area contributed by atoms with E-state index in [0.717, 1.165) is 19.3 Å². The van der Waals surface area contributed by atoms with E-state index in [1.165, 1.54) is 7.05 Å². The number of likely N-dealkylation sites (N-methyl/N-ethyl adjacent to an activating group) is 1. The third kappa shape index (κ3) is 2.69. The fourth-order valence-electron chi connectivity index (χ4n) is 2.01. The minimum atomic E-state index is -3.58. The van der Waals surface area contributed by atoms with Crippen LogP contribution in [0.25, 0.3) is 0 Å². The predicted molar refractivity (Wildman–Crippen MR) is 56.3 cm³/mol. The van der Waals surface area contributed by atoms with Crippen molar-refractivity contribution in [3.8, 4) is 0 Å². The lowest BCUT2D eigenvalue weighted by Crippen LogP contribution is -2.46. The molecule has 0 heterocycles. The third-order valence-corrected chi connectivity index (χ3v) is 5.33. The van der Waals surface area contributed by atoms with E-state index in [1.54, 1.807) is 0 Å². The first-order valence-corrected chi connectivity index (χ1v) is 6.74. The molecule has 0 aliphatic heterocycles. The van der Waals surface area contributed by atoms with E-state index in [0.29, 0.717) is 12.8 Å². The van der Waals surface area contributed by atoms with Gasteiger partial charge in [0, 0.05) is 0 Å². The molecule has 2 N–H and O–H groups in total. The zero-order chi connectivity index (χ0) is 11.5. The van der Waals surface area contributed by atoms with E-state index in [2.05, 4.69) is 5.32 Å². The molecule has 0 saturated heterocycles. The van der Waals surface area contributed by atoms with E-state index in [-0.39, 0.29) is 0 Å². The van der Waals surface area contributed by atoms with Crippen molar-refractivity contribution in [2.45, 2.75) is 42.7 Å². The van der Waals surface area contributed by atoms with Gasteiger partial charge in [0.2, 0.25) is 5.37 Å². The SMILES string of the molecule is CNC(C(=O)O)S(=O)(=O)C1CCCCC1. The minimum absolute atomic E-state index is 0.486. The van der Waals surface area contributed by atoms with Crippen LogP contribution in [0.5, 0.6) is 0 Å². The molecule has 0 aromatic heterocycles. The number of rotatable bonds is 4. The largest absolute Gasteiger partial charge is 0.479 e. The average molecular weight is 235 g/mol. The summed E-state index contributed by atoms with van der Waals surface area (Å²) in [7, 11) is -2.22. The van der Waals surface area contributed by atoms with Crippen molar-refractivity contribution in [3.05, 3.63) is 0 Å². The predicted octanol–water partition coefficient (Wildman–Crippen LogP) is 0.364. The molecule has 1 rings (SSSR count). The molecule has 0 aromatic carbocycles. The Morgan fingerprint density at radius 2 is 1.87 bits per heavy atom. The molecule has 1 saturated carbocycles. The van der Waals surface area contributed by atoms with Gasteiger partial charge in [0.1, 0.15) is 0 Å². The molecule has 5 nitrogen and oxygen atoms in total. The average Bonchev–Trinajstić information content (AvgIpc) is 2.19. The summed E-state index contributed by atoms with van der Waals surface area (Å²) in [6.45, 7) is 0. The summed E-state index contributed by atoms with van der Waals surface area (Å²) in [4.78, 5) is 10.8. The van der Waals surface area contributed by atoms with Crippen molar-refractivity contribution >= 4 is 15.8 Å². The van der Waals surface area contributed by atoms with Gasteiger partial charge in [-0.2, -0.15) is 0 Å². The Morgan fingerprint density at radius 1 is 1.33 bits per heavy atom. The highest BCUT2D eigenvalue weighted by molar-refractivity contribution is 7.93. The number of carbonyl (C=O) groups is 1. The molecule has 0 radical (unpaired) electrons. The van der Waals surface area contributed by atoms with Crippen LogP contribution in [0.1, 0.15) is 32.1 Å². The molecule has 0 amide bonds. The van der Waals surface area contributed by atoms with Crippen molar-refractivity contribution in [3.63, 3.8) is 0 Å². The summed E-state index contributed by atoms with van der Waals surface area (Å²) >= 11 is 0. The number of sulfone groups is 1. The van der Waals surface area contributed by atoms with Crippen molar-refractivity contribution in [2.75, 3.05) is 7.05 Å². The standard InChI is InChI=1S/C9H17NO4S/c1-10-8(9(11)12)15(13,14)7-5-3-2-4-6-7/h7-8,10H,2-6H2,1H3,(H,11,12). The van der Waals surface area contributed by atoms with Gasteiger partial charge in [0.25, 0.3) is 0 Å². The van der Waals surface area contributed by atoms with Gasteiger partial charge >= 0.3 is 5.97 Å². The minimum Gasteiger partial charge on any atom is -0.479 e. The normalized spacial score (nSPS) is 21.1. The van der Waals surface area contributed by atoms with Crippen LogP contribution in [0, 0.1) is 0 Å². The first-order chi connectivity index (χ1) is 7.00. The number of nitrogens with one attached hydrogen (secondary N) is 1. The van der Waals surface area contributed by atoms with E-state index >= 15 is 0 Å². The molecule has 1 atom stereocenters. The molecule has 1 fully saturated rings. The fourth-order valence-corrected chi connectivity index (χ4v) is 4.00. The zero-order valence-electron chi connectivity index (χ0n) is 8.77. The fraction of sp³-hybridized carbons (Fsp3) is 0.889. The summed E-state index contributed by atoms with van der Waals surface area (Å²) in [6, 6.07) is 0. The van der Waals surface area contributed by atoms with Crippen molar-refractivity contribution < 1.29 is 18.3 Å². The Bertz CT molecular complexity index is 319. The Morgan fingerprint density at radius 3 is 2.27 bits per heavy atom. The smallest absolute Gasteiger partial charge is 0.336 e. The zero-order valence-corrected chi connectivity index (χ0v) is 9.59. The third-order valence-electron chi connectivity index (χ3n) is 2.83. The summed E-state index contributed by atoms with van der Waals surface area (Å²) in [5, 5.41) is 9.21. The van der Waals surface area contributed by atoms with Gasteiger partial charge in [-0.1, -0.05) is 19.3 Å². The van der Waals surface area contributed by atoms with E-state index in [1.807, 2.05) is 0 Å². The van der Waals surface area contributed by atoms with Gasteiger partial charge < -0.3 is 5.11 Å². The van der Waals surface area contributed by atoms with E-state index < -0.39 is 26.4 Å². The highest BCUT2D eigenvalue weighted by Gasteiger charge is 2.38. The lowest BCUT2D eigenvalue weighted by molar-refractivity contribution is -0.137. The molecule has 0 spiro atoms. The molecular weight excluding hydrogens is 218 g/mol. The van der Waals surface area contributed by atoms with Crippen LogP contribution in [-0.2, 0) is 14.6 Å². The van der Waals surface area contributed by atoms with Crippen LogP contribution in [0.2, 0.25) is 0 Å². The molecule has 6 heteroatoms. The number of carboxylic acid groups (broad SMARTS) is 1. The van der Waals surface area contributed by atoms with Crippen molar-refractivity contribution in [1.29, 1.82) is 0 Å². The molecule has 0 aromatic rings. The quantitative estimate of drug-likeness (QED) is 0.735. The maximum absolute atomic E-state index is 11.9. The maximum atomic E-state index is 11.9. The molecule has 0 bridgehead atoms. The first kappa shape index (κ1) is 12.4. The Balaban J connectivity index is 2.84. The number of hydrogen-bond donors (Lipinski definition) is 2. The van der Waals surface area contributed by atoms with Crippen LogP contribution in [0.3, 0.4) is 0 Å². The summed E-state index contributed by atoms with van der Waals surface area (Å²) in [5.41, 5.74) is 0. The Kier molecular flexibility index (Phi) is 4.10. The van der Waals surface area contributed by atoms with Gasteiger partial charge in [-0.05, 0) is 19.9 Å². The number of hydrogen-bond acceptors (Lipinski definition) is 4. The van der Waals surface area contributed by atoms with Crippen LogP contribution in [-0.4, -0.2) is 37.2 Å².